The average molecular weight is 478 g/mol. The van der Waals surface area contributed by atoms with Crippen LogP contribution in [0.15, 0.2) is 42.0 Å². The van der Waals surface area contributed by atoms with E-state index in [1.807, 2.05) is 13.8 Å². The van der Waals surface area contributed by atoms with Gasteiger partial charge in [0, 0.05) is 12.6 Å². The van der Waals surface area contributed by atoms with Crippen LogP contribution in [0.3, 0.4) is 0 Å². The highest BCUT2D eigenvalue weighted by Crippen LogP contribution is 2.43. The summed E-state index contributed by atoms with van der Waals surface area (Å²) in [5.74, 6) is -2.16. The normalized spacial score (nSPS) is 17.7. The molecule has 3 rings (SSSR count). The van der Waals surface area contributed by atoms with Gasteiger partial charge in [-0.3, -0.25) is 9.59 Å². The smallest absolute Gasteiger partial charge is 0.295 e. The number of halogens is 2. The lowest BCUT2D eigenvalue weighted by Crippen LogP contribution is -2.33. The van der Waals surface area contributed by atoms with Gasteiger partial charge >= 0.3 is 0 Å². The SMILES string of the molecule is COc1cc(/C(O)=C2\C(=O)C(=O)N(CCOC(C)C)C2c2ccc(F)cc2)c(OC)cc1Cl. The molecule has 176 valence electrons. The first kappa shape index (κ1) is 24.5. The molecule has 0 aliphatic carbocycles. The Hall–Kier alpha value is -3.10. The van der Waals surface area contributed by atoms with E-state index in [0.29, 0.717) is 5.56 Å². The number of hydrogen-bond acceptors (Lipinski definition) is 6. The van der Waals surface area contributed by atoms with Crippen molar-refractivity contribution in [3.05, 3.63) is 63.9 Å². The molecule has 7 nitrogen and oxygen atoms in total. The molecule has 1 N–H and O–H groups in total. The number of Topliss-reactive ketones (excluding diaryl/α,β-unsaturated/α-hetero) is 1. The average Bonchev–Trinajstić information content (AvgIpc) is 3.03. The minimum Gasteiger partial charge on any atom is -0.507 e. The molecule has 0 bridgehead atoms. The lowest BCUT2D eigenvalue weighted by molar-refractivity contribution is -0.140. The van der Waals surface area contributed by atoms with Gasteiger partial charge in [0.2, 0.25) is 0 Å². The van der Waals surface area contributed by atoms with Gasteiger partial charge in [-0.15, -0.1) is 0 Å². The van der Waals surface area contributed by atoms with Gasteiger partial charge in [-0.1, -0.05) is 23.7 Å². The second-order valence-electron chi connectivity index (χ2n) is 7.65. The summed E-state index contributed by atoms with van der Waals surface area (Å²) in [6, 6.07) is 7.30. The third-order valence-corrected chi connectivity index (χ3v) is 5.53. The molecule has 9 heteroatoms. The largest absolute Gasteiger partial charge is 0.507 e. The molecule has 1 atom stereocenters. The lowest BCUT2D eigenvalue weighted by atomic mass is 9.95. The van der Waals surface area contributed by atoms with Crippen molar-refractivity contribution in [3.63, 3.8) is 0 Å². The third-order valence-electron chi connectivity index (χ3n) is 5.24. The predicted octanol–water partition coefficient (Wildman–Crippen LogP) is 4.34. The van der Waals surface area contributed by atoms with Crippen molar-refractivity contribution in [2.75, 3.05) is 27.4 Å². The molecule has 1 saturated heterocycles. The van der Waals surface area contributed by atoms with Crippen LogP contribution in [0, 0.1) is 5.82 Å². The third kappa shape index (κ3) is 4.96. The van der Waals surface area contributed by atoms with Crippen LogP contribution < -0.4 is 9.47 Å². The number of ether oxygens (including phenoxy) is 3. The minimum atomic E-state index is -0.951. The zero-order chi connectivity index (χ0) is 24.3. The standard InChI is InChI=1S/C24H25ClFNO6/c1-13(2)33-10-9-27-21(14-5-7-15(26)8-6-14)20(23(29)24(27)30)22(28)16-11-19(32-4)17(25)12-18(16)31-3/h5-8,11-13,21,28H,9-10H2,1-4H3/b22-20+. The van der Waals surface area contributed by atoms with Gasteiger partial charge in [-0.2, -0.15) is 0 Å². The second kappa shape index (κ2) is 10.2. The van der Waals surface area contributed by atoms with E-state index in [0.717, 1.165) is 0 Å². The molecule has 1 aliphatic rings. The monoisotopic (exact) mass is 477 g/mol. The van der Waals surface area contributed by atoms with Gasteiger partial charge in [-0.25, -0.2) is 4.39 Å². The molecule has 1 amide bonds. The van der Waals surface area contributed by atoms with Crippen LogP contribution >= 0.6 is 11.6 Å². The van der Waals surface area contributed by atoms with E-state index in [1.165, 1.54) is 55.5 Å². The van der Waals surface area contributed by atoms with Gasteiger partial charge in [0.1, 0.15) is 23.1 Å². The zero-order valence-corrected chi connectivity index (χ0v) is 19.5. The van der Waals surface area contributed by atoms with Gasteiger partial charge in [0.25, 0.3) is 11.7 Å². The zero-order valence-electron chi connectivity index (χ0n) is 18.7. The number of benzene rings is 2. The summed E-state index contributed by atoms with van der Waals surface area (Å²) in [5.41, 5.74) is 0.433. The Kier molecular flexibility index (Phi) is 7.61. The highest BCUT2D eigenvalue weighted by Gasteiger charge is 2.46. The van der Waals surface area contributed by atoms with Crippen LogP contribution in [0.4, 0.5) is 4.39 Å². The Morgan fingerprint density at radius 1 is 1.12 bits per heavy atom. The Morgan fingerprint density at radius 3 is 2.33 bits per heavy atom. The molecule has 0 aromatic heterocycles. The van der Waals surface area contributed by atoms with Crippen molar-refractivity contribution in [1.29, 1.82) is 0 Å². The number of methoxy groups -OCH3 is 2. The highest BCUT2D eigenvalue weighted by atomic mass is 35.5. The van der Waals surface area contributed by atoms with E-state index >= 15 is 0 Å². The predicted molar refractivity (Wildman–Crippen MR) is 121 cm³/mol. The van der Waals surface area contributed by atoms with Crippen LogP contribution in [0.1, 0.15) is 31.0 Å². The van der Waals surface area contributed by atoms with Crippen LogP contribution in [0.25, 0.3) is 5.76 Å². The van der Waals surface area contributed by atoms with Gasteiger partial charge in [0.15, 0.2) is 0 Å². The fourth-order valence-electron chi connectivity index (χ4n) is 3.68. The summed E-state index contributed by atoms with van der Waals surface area (Å²) in [5, 5.41) is 11.5. The minimum absolute atomic E-state index is 0.0723. The lowest BCUT2D eigenvalue weighted by Gasteiger charge is -2.26. The summed E-state index contributed by atoms with van der Waals surface area (Å²) in [6.07, 6.45) is -0.0723. The van der Waals surface area contributed by atoms with Gasteiger partial charge in [-0.05, 0) is 37.6 Å². The van der Waals surface area contributed by atoms with Crippen molar-refractivity contribution >= 4 is 29.1 Å². The van der Waals surface area contributed by atoms with E-state index in [4.69, 9.17) is 25.8 Å². The molecule has 1 unspecified atom stereocenters. The molecule has 1 fully saturated rings. The fourth-order valence-corrected chi connectivity index (χ4v) is 3.91. The van der Waals surface area contributed by atoms with Gasteiger partial charge in [0.05, 0.1) is 49.1 Å². The number of ketones is 1. The summed E-state index contributed by atoms with van der Waals surface area (Å²) in [6.45, 7) is 3.99. The van der Waals surface area contributed by atoms with E-state index in [1.54, 1.807) is 0 Å². The number of carbonyl (C=O) groups excluding carboxylic acids is 2. The van der Waals surface area contributed by atoms with Crippen molar-refractivity contribution in [2.24, 2.45) is 0 Å². The highest BCUT2D eigenvalue weighted by molar-refractivity contribution is 6.46. The van der Waals surface area contributed by atoms with Crippen LogP contribution in [0.5, 0.6) is 11.5 Å². The summed E-state index contributed by atoms with van der Waals surface area (Å²) in [4.78, 5) is 27.3. The molecular formula is C24H25ClFNO6. The number of carbonyl (C=O) groups is 2. The number of aliphatic hydroxyl groups is 1. The van der Waals surface area contributed by atoms with Crippen molar-refractivity contribution in [1.82, 2.24) is 4.90 Å². The summed E-state index contributed by atoms with van der Waals surface area (Å²) in [7, 11) is 2.79. The number of amides is 1. The number of rotatable bonds is 8. The van der Waals surface area contributed by atoms with Crippen LogP contribution in [-0.4, -0.2) is 55.2 Å². The molecule has 0 saturated carbocycles. The first-order valence-corrected chi connectivity index (χ1v) is 10.6. The molecule has 2 aromatic rings. The Morgan fingerprint density at radius 2 is 1.76 bits per heavy atom. The molecule has 1 aliphatic heterocycles. The molecule has 0 spiro atoms. The van der Waals surface area contributed by atoms with E-state index in [9.17, 15) is 19.1 Å². The maximum atomic E-state index is 13.6. The Bertz CT molecular complexity index is 1080. The Balaban J connectivity index is 2.18. The molecule has 0 radical (unpaired) electrons. The van der Waals surface area contributed by atoms with Crippen LogP contribution in [0.2, 0.25) is 5.02 Å². The van der Waals surface area contributed by atoms with E-state index in [2.05, 4.69) is 0 Å². The number of nitrogens with zero attached hydrogens (tertiary/aromatic N) is 1. The molecular weight excluding hydrogens is 453 g/mol. The molecule has 2 aromatic carbocycles. The number of aliphatic hydroxyl groups excluding tert-OH is 1. The van der Waals surface area contributed by atoms with E-state index in [-0.39, 0.29) is 46.9 Å². The van der Waals surface area contributed by atoms with Gasteiger partial charge < -0.3 is 24.2 Å². The Labute approximate surface area is 196 Å². The van der Waals surface area contributed by atoms with Crippen molar-refractivity contribution < 1.29 is 33.3 Å². The van der Waals surface area contributed by atoms with Crippen molar-refractivity contribution in [2.45, 2.75) is 26.0 Å². The van der Waals surface area contributed by atoms with Crippen LogP contribution in [-0.2, 0) is 14.3 Å². The van der Waals surface area contributed by atoms with Crippen molar-refractivity contribution in [3.8, 4) is 11.5 Å². The summed E-state index contributed by atoms with van der Waals surface area (Å²) < 4.78 is 29.7. The maximum absolute atomic E-state index is 13.6. The quantitative estimate of drug-likeness (QED) is 0.346. The molecule has 33 heavy (non-hydrogen) atoms. The first-order valence-electron chi connectivity index (χ1n) is 10.3. The number of hydrogen-bond donors (Lipinski definition) is 1. The second-order valence-corrected chi connectivity index (χ2v) is 8.06. The summed E-state index contributed by atoms with van der Waals surface area (Å²) >= 11 is 6.16. The number of likely N-dealkylation sites (tertiary alicyclic amines) is 1. The topological polar surface area (TPSA) is 85.3 Å². The molecule has 1 heterocycles. The van der Waals surface area contributed by atoms with E-state index < -0.39 is 29.3 Å². The first-order chi connectivity index (χ1) is 15.7. The maximum Gasteiger partial charge on any atom is 0.295 e. The fraction of sp³-hybridized carbons (Fsp3) is 0.333.